The number of rotatable bonds is 5. The summed E-state index contributed by atoms with van der Waals surface area (Å²) < 4.78 is 0. The van der Waals surface area contributed by atoms with Crippen molar-refractivity contribution < 1.29 is 14.4 Å². The third-order valence-electron chi connectivity index (χ3n) is 9.52. The summed E-state index contributed by atoms with van der Waals surface area (Å²) in [6, 6.07) is 34.3. The molecule has 8 heteroatoms. The van der Waals surface area contributed by atoms with Crippen molar-refractivity contribution >= 4 is 63.6 Å². The predicted octanol–water partition coefficient (Wildman–Crippen LogP) is 7.04. The van der Waals surface area contributed by atoms with E-state index in [1.165, 1.54) is 11.0 Å². The number of fused-ring (bicyclic) bond motifs is 1. The number of carbonyl (C=O) groups excluding carboxylic acids is 3. The maximum absolute atomic E-state index is 14.5. The second-order valence-corrected chi connectivity index (χ2v) is 12.6. The van der Waals surface area contributed by atoms with Gasteiger partial charge < -0.3 is 0 Å². The molecule has 1 heterocycles. The highest BCUT2D eigenvalue weighted by atomic mass is 35.5. The first-order chi connectivity index (χ1) is 21.9. The third-order valence-corrected chi connectivity index (χ3v) is 10.1. The minimum atomic E-state index is -1.11. The Morgan fingerprint density at radius 3 is 2.22 bits per heavy atom. The van der Waals surface area contributed by atoms with Gasteiger partial charge in [-0.2, -0.15) is 5.10 Å². The van der Waals surface area contributed by atoms with Crippen molar-refractivity contribution in [1.82, 2.24) is 5.43 Å². The zero-order valence-corrected chi connectivity index (χ0v) is 25.3. The first-order valence-electron chi connectivity index (χ1n) is 14.7. The summed E-state index contributed by atoms with van der Waals surface area (Å²) in [5.41, 5.74) is 6.54. The van der Waals surface area contributed by atoms with Gasteiger partial charge in [-0.15, -0.1) is 0 Å². The maximum Gasteiger partial charge on any atom is 0.244 e. The molecule has 1 aliphatic heterocycles. The molecule has 4 aliphatic rings. The van der Waals surface area contributed by atoms with Crippen LogP contribution in [0, 0.1) is 11.8 Å². The van der Waals surface area contributed by atoms with Gasteiger partial charge in [0.25, 0.3) is 0 Å². The minimum Gasteiger partial charge on any atom is -0.274 e. The number of imide groups is 1. The molecule has 0 unspecified atom stereocenters. The number of hydrogen-bond acceptors (Lipinski definition) is 4. The van der Waals surface area contributed by atoms with Crippen molar-refractivity contribution in [2.24, 2.45) is 16.9 Å². The molecular formula is C37H25Cl2N3O3. The van der Waals surface area contributed by atoms with E-state index in [0.717, 1.165) is 38.6 Å². The van der Waals surface area contributed by atoms with Crippen molar-refractivity contribution in [3.63, 3.8) is 0 Å². The molecule has 3 amide bonds. The number of nitrogens with zero attached hydrogens (tertiary/aromatic N) is 2. The van der Waals surface area contributed by atoms with Gasteiger partial charge in [-0.3, -0.25) is 14.4 Å². The molecule has 0 saturated carbocycles. The molecular weight excluding hydrogens is 605 g/mol. The average molecular weight is 631 g/mol. The fourth-order valence-electron chi connectivity index (χ4n) is 7.82. The summed E-state index contributed by atoms with van der Waals surface area (Å²) in [5.74, 6) is -2.79. The molecule has 0 aromatic heterocycles. The van der Waals surface area contributed by atoms with Crippen LogP contribution >= 0.6 is 23.2 Å². The molecule has 3 aliphatic carbocycles. The number of halogens is 2. The van der Waals surface area contributed by atoms with E-state index in [1.807, 2.05) is 91.0 Å². The van der Waals surface area contributed by atoms with E-state index >= 15 is 0 Å². The van der Waals surface area contributed by atoms with E-state index in [9.17, 15) is 14.4 Å². The summed E-state index contributed by atoms with van der Waals surface area (Å²) in [6.07, 6.45) is 1.80. The highest BCUT2D eigenvalue weighted by Gasteiger charge is 2.68. The van der Waals surface area contributed by atoms with Crippen LogP contribution in [0.3, 0.4) is 0 Å². The van der Waals surface area contributed by atoms with Gasteiger partial charge in [0.05, 0.1) is 34.4 Å². The molecule has 2 atom stereocenters. The van der Waals surface area contributed by atoms with Crippen LogP contribution in [-0.4, -0.2) is 23.9 Å². The number of hydrogen-bond donors (Lipinski definition) is 1. The van der Waals surface area contributed by atoms with Crippen LogP contribution in [0.1, 0.15) is 33.7 Å². The minimum absolute atomic E-state index is 0.132. The van der Waals surface area contributed by atoms with Gasteiger partial charge in [-0.1, -0.05) is 114 Å². The lowest BCUT2D eigenvalue weighted by Crippen LogP contribution is -2.54. The Balaban J connectivity index is 1.23. The maximum atomic E-state index is 14.5. The van der Waals surface area contributed by atoms with E-state index in [0.29, 0.717) is 10.7 Å². The van der Waals surface area contributed by atoms with E-state index < -0.39 is 17.3 Å². The quantitative estimate of drug-likeness (QED) is 0.129. The van der Waals surface area contributed by atoms with Crippen LogP contribution in [0.2, 0.25) is 10.0 Å². The molecule has 45 heavy (non-hydrogen) atoms. The first-order valence-corrected chi connectivity index (χ1v) is 15.5. The standard InChI is InChI=1S/C37H25Cl2N3O3/c38-23-16-17-30(29(39)19-23)42-35(44)33-32-25-12-3-5-14-27(25)37(34(33)36(42)45,28-15-6-4-13-26(28)32)20-40-41-31(43)18-22-10-7-9-21-8-1-2-11-24(21)22/h1-17,19-20,32-34H,18H2,(H,41,43)/b40-20-/t32?,33-,34-,37?/m1/s1. The zero-order chi connectivity index (χ0) is 30.9. The summed E-state index contributed by atoms with van der Waals surface area (Å²) in [5, 5.41) is 7.21. The van der Waals surface area contributed by atoms with Gasteiger partial charge in [-0.05, 0) is 56.8 Å². The molecule has 220 valence electrons. The molecule has 5 aromatic rings. The highest BCUT2D eigenvalue weighted by molar-refractivity contribution is 6.38. The molecule has 1 saturated heterocycles. The van der Waals surface area contributed by atoms with Crippen molar-refractivity contribution in [3.8, 4) is 0 Å². The number of anilines is 1. The number of hydrazone groups is 1. The van der Waals surface area contributed by atoms with Crippen molar-refractivity contribution in [2.75, 3.05) is 4.90 Å². The zero-order valence-electron chi connectivity index (χ0n) is 23.8. The van der Waals surface area contributed by atoms with Gasteiger partial charge in [0.2, 0.25) is 17.7 Å². The first kappa shape index (κ1) is 27.7. The van der Waals surface area contributed by atoms with Crippen LogP contribution in [-0.2, 0) is 26.2 Å². The summed E-state index contributed by atoms with van der Waals surface area (Å²) >= 11 is 12.7. The van der Waals surface area contributed by atoms with E-state index in [-0.39, 0.29) is 35.1 Å². The Hall–Kier alpha value is -4.78. The van der Waals surface area contributed by atoms with Crippen LogP contribution in [0.15, 0.2) is 114 Å². The van der Waals surface area contributed by atoms with Crippen LogP contribution in [0.4, 0.5) is 5.69 Å². The van der Waals surface area contributed by atoms with E-state index in [4.69, 9.17) is 23.2 Å². The SMILES string of the molecule is O=C(Cc1cccc2ccccc12)N/N=C\C12c3ccccc3C(c3ccccc31)[C@H]1C(=O)N(c3ccc(Cl)cc3Cl)C(=O)[C@@H]12. The van der Waals surface area contributed by atoms with E-state index in [2.05, 4.69) is 10.5 Å². The van der Waals surface area contributed by atoms with Gasteiger partial charge in [0.1, 0.15) is 0 Å². The van der Waals surface area contributed by atoms with Crippen molar-refractivity contribution in [2.45, 2.75) is 17.8 Å². The highest BCUT2D eigenvalue weighted by Crippen LogP contribution is 2.63. The molecule has 0 spiro atoms. The summed E-state index contributed by atoms with van der Waals surface area (Å²) in [6.45, 7) is 0. The summed E-state index contributed by atoms with van der Waals surface area (Å²) in [4.78, 5) is 43.3. The monoisotopic (exact) mass is 629 g/mol. The molecule has 1 N–H and O–H groups in total. The number of amides is 3. The Morgan fingerprint density at radius 1 is 0.822 bits per heavy atom. The van der Waals surface area contributed by atoms with Crippen molar-refractivity contribution in [3.05, 3.63) is 147 Å². The second kappa shape index (κ2) is 10.4. The second-order valence-electron chi connectivity index (χ2n) is 11.7. The lowest BCUT2D eigenvalue weighted by molar-refractivity contribution is -0.123. The van der Waals surface area contributed by atoms with Crippen molar-refractivity contribution in [1.29, 1.82) is 0 Å². The predicted molar refractivity (Wildman–Crippen MR) is 176 cm³/mol. The fraction of sp³-hybridized carbons (Fsp3) is 0.135. The van der Waals surface area contributed by atoms with Gasteiger partial charge in [-0.25, -0.2) is 10.3 Å². The molecule has 9 rings (SSSR count). The van der Waals surface area contributed by atoms with Gasteiger partial charge >= 0.3 is 0 Å². The lowest BCUT2D eigenvalue weighted by Gasteiger charge is -2.52. The summed E-state index contributed by atoms with van der Waals surface area (Å²) in [7, 11) is 0. The Labute approximate surface area is 269 Å². The number of nitrogens with one attached hydrogen (secondary N) is 1. The average Bonchev–Trinajstić information content (AvgIpc) is 3.32. The molecule has 6 nitrogen and oxygen atoms in total. The molecule has 5 aromatic carbocycles. The van der Waals surface area contributed by atoms with Crippen LogP contribution in [0.5, 0.6) is 0 Å². The van der Waals surface area contributed by atoms with Crippen LogP contribution in [0.25, 0.3) is 10.8 Å². The Bertz CT molecular complexity index is 2060. The number of carbonyl (C=O) groups is 3. The number of benzene rings is 5. The normalized spacial score (nSPS) is 22.9. The smallest absolute Gasteiger partial charge is 0.244 e. The topological polar surface area (TPSA) is 78.8 Å². The molecule has 2 bridgehead atoms. The fourth-order valence-corrected chi connectivity index (χ4v) is 8.31. The van der Waals surface area contributed by atoms with E-state index in [1.54, 1.807) is 18.3 Å². The van der Waals surface area contributed by atoms with Gasteiger partial charge in [0.15, 0.2) is 0 Å². The Kier molecular flexibility index (Phi) is 6.41. The lowest BCUT2D eigenvalue weighted by atomic mass is 9.47. The molecule has 0 radical (unpaired) electrons. The van der Waals surface area contributed by atoms with Gasteiger partial charge in [0, 0.05) is 17.2 Å². The Morgan fingerprint density at radius 2 is 1.49 bits per heavy atom. The largest absolute Gasteiger partial charge is 0.274 e. The molecule has 1 fully saturated rings. The van der Waals surface area contributed by atoms with Crippen LogP contribution < -0.4 is 10.3 Å². The third kappa shape index (κ3) is 4.02.